The number of rotatable bonds is 4. The number of anilines is 1. The van der Waals surface area contributed by atoms with Crippen LogP contribution in [0.4, 0.5) is 5.00 Å². The zero-order chi connectivity index (χ0) is 18.0. The fourth-order valence-electron chi connectivity index (χ4n) is 3.07. The second-order valence-electron chi connectivity index (χ2n) is 6.23. The Labute approximate surface area is 156 Å². The molecule has 6 heteroatoms. The molecule has 0 spiro atoms. The van der Waals surface area contributed by atoms with Crippen LogP contribution < -0.4 is 5.32 Å². The molecule has 1 aromatic carbocycles. The van der Waals surface area contributed by atoms with Crippen molar-refractivity contribution >= 4 is 40.0 Å². The lowest BCUT2D eigenvalue weighted by atomic mass is 9.88. The van der Waals surface area contributed by atoms with E-state index < -0.39 is 0 Å². The first kappa shape index (κ1) is 18.0. The smallest absolute Gasteiger partial charge is 0.341 e. The van der Waals surface area contributed by atoms with Gasteiger partial charge in [0.15, 0.2) is 0 Å². The molecule has 1 amide bonds. The van der Waals surface area contributed by atoms with E-state index in [9.17, 15) is 9.59 Å². The van der Waals surface area contributed by atoms with Crippen molar-refractivity contribution in [3.8, 4) is 0 Å². The number of carbonyl (C=O) groups is 2. The Kier molecular flexibility index (Phi) is 5.49. The number of esters is 1. The summed E-state index contributed by atoms with van der Waals surface area (Å²) in [7, 11) is 1.38. The van der Waals surface area contributed by atoms with Crippen molar-refractivity contribution in [3.05, 3.63) is 45.8 Å². The third kappa shape index (κ3) is 3.75. The number of thiophene rings is 1. The first-order valence-corrected chi connectivity index (χ1v) is 10.3. The largest absolute Gasteiger partial charge is 0.465 e. The number of thioether (sulfide) groups is 1. The molecule has 1 atom stereocenters. The third-order valence-corrected chi connectivity index (χ3v) is 6.39. The minimum absolute atomic E-state index is 0.204. The van der Waals surface area contributed by atoms with Gasteiger partial charge in [-0.15, -0.1) is 23.1 Å². The van der Waals surface area contributed by atoms with Crippen molar-refractivity contribution < 1.29 is 14.3 Å². The fourth-order valence-corrected chi connectivity index (χ4v) is 4.88. The van der Waals surface area contributed by atoms with E-state index in [1.807, 2.05) is 18.4 Å². The van der Waals surface area contributed by atoms with E-state index in [0.717, 1.165) is 29.7 Å². The van der Waals surface area contributed by atoms with E-state index in [1.54, 1.807) is 23.9 Å². The Hall–Kier alpha value is -1.79. The average Bonchev–Trinajstić information content (AvgIpc) is 2.97. The standard InChI is InChI=1S/C19H21NO3S2/c1-11-4-9-14-15(10-11)25-18(16(14)19(22)23-2)20-17(21)12-5-7-13(24-3)8-6-12/h5-8,11H,4,9-10H2,1-3H3,(H,20,21)/t11-/m1/s1. The van der Waals surface area contributed by atoms with Gasteiger partial charge >= 0.3 is 5.97 Å². The summed E-state index contributed by atoms with van der Waals surface area (Å²) in [4.78, 5) is 27.2. The first-order valence-electron chi connectivity index (χ1n) is 8.21. The molecule has 0 bridgehead atoms. The van der Waals surface area contributed by atoms with Gasteiger partial charge in [0.1, 0.15) is 5.00 Å². The van der Waals surface area contributed by atoms with Gasteiger partial charge in [-0.25, -0.2) is 4.79 Å². The molecule has 1 aliphatic rings. The molecule has 1 aromatic heterocycles. The molecule has 4 nitrogen and oxygen atoms in total. The van der Waals surface area contributed by atoms with Gasteiger partial charge in [-0.05, 0) is 61.3 Å². The maximum Gasteiger partial charge on any atom is 0.341 e. The maximum absolute atomic E-state index is 12.6. The van der Waals surface area contributed by atoms with E-state index in [-0.39, 0.29) is 11.9 Å². The molecule has 0 saturated carbocycles. The SMILES string of the molecule is COC(=O)c1c(NC(=O)c2ccc(SC)cc2)sc2c1CC[C@@H](C)C2. The lowest BCUT2D eigenvalue weighted by molar-refractivity contribution is 0.0601. The molecule has 3 rings (SSSR count). The van der Waals surface area contributed by atoms with Gasteiger partial charge in [0, 0.05) is 15.3 Å². The number of fused-ring (bicyclic) bond motifs is 1. The minimum Gasteiger partial charge on any atom is -0.465 e. The summed E-state index contributed by atoms with van der Waals surface area (Å²) in [6.45, 7) is 2.21. The van der Waals surface area contributed by atoms with Crippen molar-refractivity contribution in [2.45, 2.75) is 31.1 Å². The lowest BCUT2D eigenvalue weighted by Crippen LogP contribution is -2.16. The van der Waals surface area contributed by atoms with Crippen LogP contribution >= 0.6 is 23.1 Å². The van der Waals surface area contributed by atoms with Crippen molar-refractivity contribution in [2.24, 2.45) is 5.92 Å². The molecule has 0 unspecified atom stereocenters. The molecule has 1 heterocycles. The van der Waals surface area contributed by atoms with Gasteiger partial charge in [-0.1, -0.05) is 6.92 Å². The molecule has 0 fully saturated rings. The molecule has 132 valence electrons. The molecular formula is C19H21NO3S2. The highest BCUT2D eigenvalue weighted by Crippen LogP contribution is 2.40. The number of ether oxygens (including phenoxy) is 1. The van der Waals surface area contributed by atoms with E-state index in [1.165, 1.54) is 23.3 Å². The maximum atomic E-state index is 12.6. The van der Waals surface area contributed by atoms with Gasteiger partial charge in [0.25, 0.3) is 5.91 Å². The quantitative estimate of drug-likeness (QED) is 0.625. The van der Waals surface area contributed by atoms with Gasteiger partial charge in [0.2, 0.25) is 0 Å². The van der Waals surface area contributed by atoms with Gasteiger partial charge in [-0.3, -0.25) is 4.79 Å². The second kappa shape index (κ2) is 7.62. The van der Waals surface area contributed by atoms with Crippen LogP contribution in [0.3, 0.4) is 0 Å². The van der Waals surface area contributed by atoms with Crippen molar-refractivity contribution in [1.82, 2.24) is 0 Å². The van der Waals surface area contributed by atoms with Gasteiger partial charge < -0.3 is 10.1 Å². The van der Waals surface area contributed by atoms with Crippen molar-refractivity contribution in [3.63, 3.8) is 0 Å². The van der Waals surface area contributed by atoms with E-state index in [4.69, 9.17) is 4.74 Å². The zero-order valence-corrected chi connectivity index (χ0v) is 16.2. The topological polar surface area (TPSA) is 55.4 Å². The monoisotopic (exact) mass is 375 g/mol. The fraction of sp³-hybridized carbons (Fsp3) is 0.368. The van der Waals surface area contributed by atoms with Crippen molar-refractivity contribution in [1.29, 1.82) is 0 Å². The van der Waals surface area contributed by atoms with E-state index in [2.05, 4.69) is 12.2 Å². The van der Waals surface area contributed by atoms with E-state index >= 15 is 0 Å². The van der Waals surface area contributed by atoms with Crippen molar-refractivity contribution in [2.75, 3.05) is 18.7 Å². The number of benzene rings is 1. The molecule has 0 saturated heterocycles. The predicted molar refractivity (Wildman–Crippen MR) is 103 cm³/mol. The highest BCUT2D eigenvalue weighted by Gasteiger charge is 2.29. The molecule has 1 N–H and O–H groups in total. The highest BCUT2D eigenvalue weighted by atomic mass is 32.2. The molecule has 25 heavy (non-hydrogen) atoms. The predicted octanol–water partition coefficient (Wildman–Crippen LogP) is 4.63. The van der Waals surface area contributed by atoms with Gasteiger partial charge in [0.05, 0.1) is 12.7 Å². The van der Waals surface area contributed by atoms with Crippen LogP contribution in [-0.2, 0) is 17.6 Å². The summed E-state index contributed by atoms with van der Waals surface area (Å²) >= 11 is 3.13. The van der Waals surface area contributed by atoms with Crippen LogP contribution in [0.5, 0.6) is 0 Å². The Bertz CT molecular complexity index is 796. The molecular weight excluding hydrogens is 354 g/mol. The summed E-state index contributed by atoms with van der Waals surface area (Å²) in [6.07, 6.45) is 4.85. The number of methoxy groups -OCH3 is 1. The normalized spacial score (nSPS) is 16.2. The van der Waals surface area contributed by atoms with Crippen LogP contribution in [0.25, 0.3) is 0 Å². The number of amides is 1. The summed E-state index contributed by atoms with van der Waals surface area (Å²) in [5.41, 5.74) is 2.15. The molecule has 2 aromatic rings. The summed E-state index contributed by atoms with van der Waals surface area (Å²) in [5, 5.41) is 3.53. The highest BCUT2D eigenvalue weighted by molar-refractivity contribution is 7.98. The van der Waals surface area contributed by atoms with E-state index in [0.29, 0.717) is 22.0 Å². The lowest BCUT2D eigenvalue weighted by Gasteiger charge is -2.18. The van der Waals surface area contributed by atoms with Crippen LogP contribution in [-0.4, -0.2) is 25.2 Å². The summed E-state index contributed by atoms with van der Waals surface area (Å²) in [5.74, 6) is 0.0174. The Morgan fingerprint density at radius 2 is 2.00 bits per heavy atom. The number of nitrogens with one attached hydrogen (secondary N) is 1. The molecule has 0 aliphatic heterocycles. The Morgan fingerprint density at radius 3 is 2.64 bits per heavy atom. The molecule has 0 radical (unpaired) electrons. The minimum atomic E-state index is -0.375. The third-order valence-electron chi connectivity index (χ3n) is 4.48. The van der Waals surface area contributed by atoms with Crippen LogP contribution in [0.1, 0.15) is 44.5 Å². The number of hydrogen-bond acceptors (Lipinski definition) is 5. The molecule has 1 aliphatic carbocycles. The number of carbonyl (C=O) groups excluding carboxylic acids is 2. The number of hydrogen-bond donors (Lipinski definition) is 1. The first-order chi connectivity index (χ1) is 12.0. The van der Waals surface area contributed by atoms with Gasteiger partial charge in [-0.2, -0.15) is 0 Å². The summed E-state index contributed by atoms with van der Waals surface area (Å²) in [6, 6.07) is 7.44. The van der Waals surface area contributed by atoms with Crippen LogP contribution in [0, 0.1) is 5.92 Å². The Morgan fingerprint density at radius 1 is 1.28 bits per heavy atom. The zero-order valence-electron chi connectivity index (χ0n) is 14.5. The Balaban J connectivity index is 1.90. The summed E-state index contributed by atoms with van der Waals surface area (Å²) < 4.78 is 4.96. The average molecular weight is 376 g/mol. The second-order valence-corrected chi connectivity index (χ2v) is 8.21. The van der Waals surface area contributed by atoms with Crippen LogP contribution in [0.2, 0.25) is 0 Å². The van der Waals surface area contributed by atoms with Crippen LogP contribution in [0.15, 0.2) is 29.2 Å².